The number of thiazole rings is 1. The predicted molar refractivity (Wildman–Crippen MR) is 55.9 cm³/mol. The van der Waals surface area contributed by atoms with Crippen LogP contribution in [0.1, 0.15) is 0 Å². The molecular formula is C5H6N6O2S2. The Labute approximate surface area is 92.8 Å². The molecule has 0 fully saturated rings. The third-order valence-electron chi connectivity index (χ3n) is 1.47. The maximum atomic E-state index is 10.4. The van der Waals surface area contributed by atoms with E-state index in [2.05, 4.69) is 15.6 Å². The van der Waals surface area contributed by atoms with Crippen LogP contribution < -0.4 is 5.53 Å². The Hall–Kier alpha value is -1.39. The Morgan fingerprint density at radius 3 is 3.07 bits per heavy atom. The minimum atomic E-state index is -0.459. The summed E-state index contributed by atoms with van der Waals surface area (Å²) in [4.78, 5) is 13.9. The minimum Gasteiger partial charge on any atom is -0.268 e. The summed E-state index contributed by atoms with van der Waals surface area (Å²) in [6.45, 7) is 0. The van der Waals surface area contributed by atoms with E-state index < -0.39 is 4.92 Å². The number of rotatable bonds is 3. The zero-order valence-electron chi connectivity index (χ0n) is 7.52. The van der Waals surface area contributed by atoms with E-state index in [4.69, 9.17) is 0 Å². The van der Waals surface area contributed by atoms with Crippen LogP contribution in [0.5, 0.6) is 0 Å². The van der Waals surface area contributed by atoms with Crippen molar-refractivity contribution in [1.29, 1.82) is 0 Å². The molecule has 0 atom stereocenters. The molecule has 0 aromatic carbocycles. The van der Waals surface area contributed by atoms with Gasteiger partial charge >= 0.3 is 5.00 Å². The van der Waals surface area contributed by atoms with Gasteiger partial charge in [-0.15, -0.1) is 0 Å². The van der Waals surface area contributed by atoms with Crippen molar-refractivity contribution < 1.29 is 4.92 Å². The number of nitro groups is 1. The molecule has 10 heteroatoms. The van der Waals surface area contributed by atoms with Crippen molar-refractivity contribution in [2.75, 3.05) is 7.05 Å². The molecule has 0 saturated carbocycles. The van der Waals surface area contributed by atoms with E-state index >= 15 is 0 Å². The molecule has 1 N–H and O–H groups in total. The molecule has 0 aliphatic carbocycles. The van der Waals surface area contributed by atoms with Gasteiger partial charge in [0.15, 0.2) is 4.34 Å². The van der Waals surface area contributed by atoms with Crippen LogP contribution in [-0.4, -0.2) is 32.8 Å². The van der Waals surface area contributed by atoms with Crippen molar-refractivity contribution in [1.82, 2.24) is 20.1 Å². The first-order valence-electron chi connectivity index (χ1n) is 3.77. The highest BCUT2D eigenvalue weighted by Crippen LogP contribution is 2.31. The van der Waals surface area contributed by atoms with Crippen molar-refractivity contribution in [3.05, 3.63) is 16.3 Å². The van der Waals surface area contributed by atoms with Crippen LogP contribution in [-0.2, 0) is 0 Å². The van der Waals surface area contributed by atoms with Gasteiger partial charge in [-0.3, -0.25) is 15.1 Å². The monoisotopic (exact) mass is 246 g/mol. The van der Waals surface area contributed by atoms with Gasteiger partial charge in [0, 0.05) is 19.0 Å². The third-order valence-corrected chi connectivity index (χ3v) is 3.46. The Morgan fingerprint density at radius 1 is 1.73 bits per heavy atom. The van der Waals surface area contributed by atoms with Crippen LogP contribution in [0.25, 0.3) is 0 Å². The molecule has 1 aliphatic heterocycles. The molecule has 0 unspecified atom stereocenters. The number of aromatic nitrogens is 1. The van der Waals surface area contributed by atoms with Crippen LogP contribution in [0.2, 0.25) is 0 Å². The molecule has 15 heavy (non-hydrogen) atoms. The molecule has 1 aromatic heterocycles. The molecule has 1 aromatic rings. The number of nitrogens with zero attached hydrogens (tertiary/aromatic N) is 5. The van der Waals surface area contributed by atoms with Crippen LogP contribution >= 0.6 is 23.3 Å². The van der Waals surface area contributed by atoms with Crippen LogP contribution in [0.4, 0.5) is 5.00 Å². The van der Waals surface area contributed by atoms with E-state index in [9.17, 15) is 10.1 Å². The predicted octanol–water partition coefficient (Wildman–Crippen LogP) is 0.669. The lowest BCUT2D eigenvalue weighted by molar-refractivity contribution is -0.380. The smallest absolute Gasteiger partial charge is 0.268 e. The van der Waals surface area contributed by atoms with Gasteiger partial charge in [-0.25, -0.2) is 10.5 Å². The normalized spacial score (nSPS) is 15.7. The molecule has 0 bridgehead atoms. The van der Waals surface area contributed by atoms with Crippen molar-refractivity contribution in [3.63, 3.8) is 0 Å². The summed E-state index contributed by atoms with van der Waals surface area (Å²) >= 11 is 2.24. The average molecular weight is 246 g/mol. The molecule has 0 amide bonds. The van der Waals surface area contributed by atoms with Crippen LogP contribution in [0.3, 0.4) is 0 Å². The SMILES string of the molecule is CN1C=NNN1Sc1ncc([N+](=O)[O-])s1. The van der Waals surface area contributed by atoms with E-state index in [1.807, 2.05) is 0 Å². The van der Waals surface area contributed by atoms with Gasteiger partial charge in [-0.1, -0.05) is 0 Å². The maximum absolute atomic E-state index is 10.4. The van der Waals surface area contributed by atoms with Gasteiger partial charge in [0.05, 0.1) is 4.92 Å². The number of hydrogen-bond donors (Lipinski definition) is 1. The second-order valence-electron chi connectivity index (χ2n) is 2.50. The highest BCUT2D eigenvalue weighted by molar-refractivity contribution is 7.98. The van der Waals surface area contributed by atoms with Gasteiger partial charge in [0.25, 0.3) is 0 Å². The molecule has 1 aliphatic rings. The van der Waals surface area contributed by atoms with Crippen LogP contribution in [0.15, 0.2) is 15.6 Å². The Balaban J connectivity index is 2.02. The standard InChI is InChI=1S/C5H6N6O2S2/c1-9-3-7-8-11(9)15-5-6-2-4(14-5)10(12)13/h2-3,8H,1H3. The highest BCUT2D eigenvalue weighted by Gasteiger charge is 2.19. The maximum Gasteiger partial charge on any atom is 0.344 e. The summed E-state index contributed by atoms with van der Waals surface area (Å²) in [6.07, 6.45) is 2.82. The quantitative estimate of drug-likeness (QED) is 0.476. The van der Waals surface area contributed by atoms with Gasteiger partial charge in [-0.05, 0) is 15.9 Å². The second kappa shape index (κ2) is 4.00. The topological polar surface area (TPSA) is 86.9 Å². The van der Waals surface area contributed by atoms with Crippen molar-refractivity contribution >= 4 is 34.6 Å². The fraction of sp³-hybridized carbons (Fsp3) is 0.200. The molecule has 8 nitrogen and oxygen atoms in total. The summed E-state index contributed by atoms with van der Waals surface area (Å²) in [5.41, 5.74) is 2.68. The van der Waals surface area contributed by atoms with Gasteiger partial charge in [0.1, 0.15) is 12.5 Å². The Morgan fingerprint density at radius 2 is 2.53 bits per heavy atom. The van der Waals surface area contributed by atoms with Crippen molar-refractivity contribution in [2.45, 2.75) is 4.34 Å². The fourth-order valence-corrected chi connectivity index (χ4v) is 2.40. The lowest BCUT2D eigenvalue weighted by Crippen LogP contribution is -2.33. The first-order chi connectivity index (χ1) is 7.16. The minimum absolute atomic E-state index is 0.0280. The van der Waals surface area contributed by atoms with E-state index in [0.717, 1.165) is 11.3 Å². The summed E-state index contributed by atoms with van der Waals surface area (Å²) in [6, 6.07) is 0. The summed E-state index contributed by atoms with van der Waals surface area (Å²) in [5.74, 6) is 0. The molecule has 80 valence electrons. The molecular weight excluding hydrogens is 240 g/mol. The van der Waals surface area contributed by atoms with Gasteiger partial charge < -0.3 is 0 Å². The summed E-state index contributed by atoms with van der Waals surface area (Å²) < 4.78 is 2.18. The van der Waals surface area contributed by atoms with E-state index in [-0.39, 0.29) is 5.00 Å². The summed E-state index contributed by atoms with van der Waals surface area (Å²) in [5, 5.41) is 15.9. The van der Waals surface area contributed by atoms with Gasteiger partial charge in [0.2, 0.25) is 0 Å². The first-order valence-corrected chi connectivity index (χ1v) is 5.35. The summed E-state index contributed by atoms with van der Waals surface area (Å²) in [7, 11) is 1.79. The Kier molecular flexibility index (Phi) is 2.70. The van der Waals surface area contributed by atoms with E-state index in [1.54, 1.807) is 22.9 Å². The van der Waals surface area contributed by atoms with E-state index in [0.29, 0.717) is 4.34 Å². The molecule has 0 radical (unpaired) electrons. The lowest BCUT2D eigenvalue weighted by atomic mass is 10.9. The lowest BCUT2D eigenvalue weighted by Gasteiger charge is -2.18. The number of hydrazone groups is 1. The van der Waals surface area contributed by atoms with Crippen LogP contribution in [0, 0.1) is 10.1 Å². The van der Waals surface area contributed by atoms with Crippen molar-refractivity contribution in [3.8, 4) is 0 Å². The largest absolute Gasteiger partial charge is 0.344 e. The van der Waals surface area contributed by atoms with Gasteiger partial charge in [-0.2, -0.15) is 5.10 Å². The second-order valence-corrected chi connectivity index (χ2v) is 4.69. The molecule has 0 saturated heterocycles. The van der Waals surface area contributed by atoms with Crippen molar-refractivity contribution in [2.24, 2.45) is 5.10 Å². The number of hydrogen-bond acceptors (Lipinski definition) is 9. The molecule has 0 spiro atoms. The fourth-order valence-electron chi connectivity index (χ4n) is 0.812. The zero-order valence-corrected chi connectivity index (χ0v) is 9.16. The number of nitrogens with one attached hydrogen (secondary N) is 1. The average Bonchev–Trinajstić information content (AvgIpc) is 2.77. The Bertz CT molecular complexity index is 406. The molecule has 2 heterocycles. The zero-order chi connectivity index (χ0) is 10.8. The first kappa shape index (κ1) is 10.1. The third kappa shape index (κ3) is 2.16. The highest BCUT2D eigenvalue weighted by atomic mass is 32.2. The van der Waals surface area contributed by atoms with E-state index in [1.165, 1.54) is 18.1 Å². The molecule has 2 rings (SSSR count). The number of hydrazine groups is 2.